The minimum Gasteiger partial charge on any atom is -0.480 e. The molecule has 13 heavy (non-hydrogen) atoms. The van der Waals surface area contributed by atoms with Gasteiger partial charge in [0, 0.05) is 6.42 Å². The number of hydrogen-bond acceptors (Lipinski definition) is 3. The Morgan fingerprint density at radius 3 is 2.85 bits per heavy atom. The molecular formula is C8H16N3O2+. The molecule has 0 radical (unpaired) electrons. The first-order valence-electron chi connectivity index (χ1n) is 4.18. The predicted octanol–water partition coefficient (Wildman–Crippen LogP) is -0.733. The molecule has 0 saturated heterocycles. The maximum absolute atomic E-state index is 10.5. The second-order valence-electron chi connectivity index (χ2n) is 3.83. The molecule has 0 bridgehead atoms. The van der Waals surface area contributed by atoms with Crippen LogP contribution >= 0.6 is 0 Å². The number of aliphatic carboxylic acids is 1. The SMILES string of the molecule is C[N+]1(C)CNC=C1C[C@H](N)C(=O)O. The number of hydrogen-bond donors (Lipinski definition) is 3. The van der Waals surface area contributed by atoms with Crippen LogP contribution in [0.3, 0.4) is 0 Å². The van der Waals surface area contributed by atoms with Crippen LogP contribution < -0.4 is 11.1 Å². The first-order valence-corrected chi connectivity index (χ1v) is 4.18. The van der Waals surface area contributed by atoms with Crippen molar-refractivity contribution in [2.75, 3.05) is 20.8 Å². The van der Waals surface area contributed by atoms with Crippen LogP contribution in [0.15, 0.2) is 11.9 Å². The second-order valence-corrected chi connectivity index (χ2v) is 3.83. The molecule has 0 aromatic carbocycles. The molecule has 1 aliphatic rings. The van der Waals surface area contributed by atoms with Crippen LogP contribution in [0.25, 0.3) is 0 Å². The summed E-state index contributed by atoms with van der Waals surface area (Å²) in [7, 11) is 4.03. The maximum atomic E-state index is 10.5. The van der Waals surface area contributed by atoms with Gasteiger partial charge >= 0.3 is 5.97 Å². The summed E-state index contributed by atoms with van der Waals surface area (Å²) in [5.74, 6) is -0.951. The van der Waals surface area contributed by atoms with Gasteiger partial charge in [0.05, 0.1) is 20.3 Å². The lowest BCUT2D eigenvalue weighted by atomic mass is 10.1. The summed E-state index contributed by atoms with van der Waals surface area (Å²) < 4.78 is 0.668. The molecule has 0 aliphatic carbocycles. The molecule has 4 N–H and O–H groups in total. The third kappa shape index (κ3) is 2.19. The van der Waals surface area contributed by atoms with Crippen molar-refractivity contribution >= 4 is 5.97 Å². The Morgan fingerprint density at radius 2 is 2.46 bits per heavy atom. The zero-order valence-corrected chi connectivity index (χ0v) is 7.95. The molecule has 0 spiro atoms. The second kappa shape index (κ2) is 3.35. The van der Waals surface area contributed by atoms with Gasteiger partial charge in [-0.25, -0.2) is 0 Å². The van der Waals surface area contributed by atoms with E-state index in [1.165, 1.54) is 0 Å². The van der Waals surface area contributed by atoms with Crippen LogP contribution in [0, 0.1) is 0 Å². The molecule has 0 unspecified atom stereocenters. The summed E-state index contributed by atoms with van der Waals surface area (Å²) in [6.07, 6.45) is 2.25. The smallest absolute Gasteiger partial charge is 0.321 e. The van der Waals surface area contributed by atoms with Gasteiger partial charge in [0.2, 0.25) is 0 Å². The van der Waals surface area contributed by atoms with Crippen molar-refractivity contribution in [2.24, 2.45) is 5.73 Å². The van der Waals surface area contributed by atoms with Gasteiger partial charge < -0.3 is 16.2 Å². The minimum absolute atomic E-state index is 0.398. The number of nitrogens with one attached hydrogen (secondary N) is 1. The summed E-state index contributed by atoms with van der Waals surface area (Å²) in [4.78, 5) is 10.5. The molecule has 1 rings (SSSR count). The number of nitrogens with two attached hydrogens (primary N) is 1. The summed E-state index contributed by atoms with van der Waals surface area (Å²) in [6.45, 7) is 0.793. The number of nitrogens with zero attached hydrogens (tertiary/aromatic N) is 1. The molecule has 0 fully saturated rings. The van der Waals surface area contributed by atoms with Crippen LogP contribution in [0.4, 0.5) is 0 Å². The molecule has 1 atom stereocenters. The van der Waals surface area contributed by atoms with Crippen molar-refractivity contribution in [3.63, 3.8) is 0 Å². The van der Waals surface area contributed by atoms with E-state index in [0.717, 1.165) is 12.4 Å². The fraction of sp³-hybridized carbons (Fsp3) is 0.625. The summed E-state index contributed by atoms with van der Waals surface area (Å²) in [5.41, 5.74) is 6.46. The van der Waals surface area contributed by atoms with Gasteiger partial charge in [0.1, 0.15) is 11.7 Å². The van der Waals surface area contributed by atoms with E-state index in [2.05, 4.69) is 5.32 Å². The van der Waals surface area contributed by atoms with E-state index >= 15 is 0 Å². The van der Waals surface area contributed by atoms with E-state index in [1.807, 2.05) is 20.3 Å². The minimum atomic E-state index is -0.951. The molecular weight excluding hydrogens is 170 g/mol. The summed E-state index contributed by atoms with van der Waals surface area (Å²) in [5, 5.41) is 11.7. The van der Waals surface area contributed by atoms with Crippen LogP contribution in [-0.2, 0) is 4.79 Å². The molecule has 5 nitrogen and oxygen atoms in total. The van der Waals surface area contributed by atoms with Gasteiger partial charge in [-0.2, -0.15) is 0 Å². The lowest BCUT2D eigenvalue weighted by Crippen LogP contribution is -2.41. The Kier molecular flexibility index (Phi) is 2.58. The van der Waals surface area contributed by atoms with Gasteiger partial charge in [-0.05, 0) is 0 Å². The zero-order valence-electron chi connectivity index (χ0n) is 7.95. The Morgan fingerprint density at radius 1 is 1.85 bits per heavy atom. The number of quaternary nitrogens is 1. The Bertz CT molecular complexity index is 248. The lowest BCUT2D eigenvalue weighted by Gasteiger charge is -2.26. The highest BCUT2D eigenvalue weighted by molar-refractivity contribution is 5.73. The largest absolute Gasteiger partial charge is 0.480 e. The fourth-order valence-corrected chi connectivity index (χ4v) is 1.29. The van der Waals surface area contributed by atoms with Crippen molar-refractivity contribution in [1.29, 1.82) is 0 Å². The maximum Gasteiger partial charge on any atom is 0.321 e. The quantitative estimate of drug-likeness (QED) is 0.508. The van der Waals surface area contributed by atoms with Crippen molar-refractivity contribution in [3.8, 4) is 0 Å². The number of carboxylic acid groups (broad SMARTS) is 1. The summed E-state index contributed by atoms with van der Waals surface area (Å²) in [6, 6.07) is -0.802. The van der Waals surface area contributed by atoms with Crippen LogP contribution in [0.5, 0.6) is 0 Å². The van der Waals surface area contributed by atoms with E-state index in [-0.39, 0.29) is 0 Å². The van der Waals surface area contributed by atoms with E-state index in [4.69, 9.17) is 10.8 Å². The molecule has 0 aromatic heterocycles. The van der Waals surface area contributed by atoms with Crippen LogP contribution in [-0.4, -0.2) is 42.4 Å². The number of rotatable bonds is 3. The Hall–Kier alpha value is -1.07. The fourth-order valence-electron chi connectivity index (χ4n) is 1.29. The zero-order chi connectivity index (χ0) is 10.1. The highest BCUT2D eigenvalue weighted by atomic mass is 16.4. The van der Waals surface area contributed by atoms with E-state index in [9.17, 15) is 4.79 Å². The van der Waals surface area contributed by atoms with Gasteiger partial charge in [0.25, 0.3) is 0 Å². The van der Waals surface area contributed by atoms with Gasteiger partial charge in [-0.1, -0.05) is 0 Å². The van der Waals surface area contributed by atoms with E-state index in [0.29, 0.717) is 10.9 Å². The first-order chi connectivity index (χ1) is 5.93. The molecule has 0 aromatic rings. The molecule has 1 aliphatic heterocycles. The third-order valence-corrected chi connectivity index (χ3v) is 2.28. The predicted molar refractivity (Wildman–Crippen MR) is 48.4 cm³/mol. The van der Waals surface area contributed by atoms with E-state index in [1.54, 1.807) is 0 Å². The normalized spacial score (nSPS) is 21.9. The summed E-state index contributed by atoms with van der Waals surface area (Å²) >= 11 is 0. The van der Waals surface area contributed by atoms with Crippen LogP contribution in [0.2, 0.25) is 0 Å². The van der Waals surface area contributed by atoms with Gasteiger partial charge in [0.15, 0.2) is 6.67 Å². The van der Waals surface area contributed by atoms with Crippen LogP contribution in [0.1, 0.15) is 6.42 Å². The number of carboxylic acids is 1. The molecule has 0 amide bonds. The Balaban J connectivity index is 2.59. The topological polar surface area (TPSA) is 75.3 Å². The lowest BCUT2D eigenvalue weighted by molar-refractivity contribution is -0.849. The number of carbonyl (C=O) groups is 1. The molecule has 1 heterocycles. The highest BCUT2D eigenvalue weighted by Gasteiger charge is 2.29. The first kappa shape index (κ1) is 10.0. The van der Waals surface area contributed by atoms with Gasteiger partial charge in [-0.3, -0.25) is 9.28 Å². The average Bonchev–Trinajstić information content (AvgIpc) is 2.30. The average molecular weight is 186 g/mol. The monoisotopic (exact) mass is 186 g/mol. The molecule has 74 valence electrons. The van der Waals surface area contributed by atoms with E-state index < -0.39 is 12.0 Å². The highest BCUT2D eigenvalue weighted by Crippen LogP contribution is 2.18. The molecule has 5 heteroatoms. The van der Waals surface area contributed by atoms with Gasteiger partial charge in [-0.15, -0.1) is 0 Å². The van der Waals surface area contributed by atoms with Crippen molar-refractivity contribution < 1.29 is 14.4 Å². The third-order valence-electron chi connectivity index (χ3n) is 2.28. The Labute approximate surface area is 77.4 Å². The van der Waals surface area contributed by atoms with Crippen molar-refractivity contribution in [3.05, 3.63) is 11.9 Å². The van der Waals surface area contributed by atoms with Crippen molar-refractivity contribution in [2.45, 2.75) is 12.5 Å². The van der Waals surface area contributed by atoms with Crippen molar-refractivity contribution in [1.82, 2.24) is 5.32 Å². The standard InChI is InChI=1S/C8H15N3O2/c1-11(2)5-10-4-6(11)3-7(9)8(12)13/h4,7,10H,3,5,9H2,1-2H3/p+1/t7-/m0/s1. The molecule has 0 saturated carbocycles.